The zero-order chi connectivity index (χ0) is 35.1. The quantitative estimate of drug-likeness (QED) is 0.0731. The van der Waals surface area contributed by atoms with Crippen LogP contribution in [0.25, 0.3) is 0 Å². The number of aliphatic carboxylic acids is 1. The van der Waals surface area contributed by atoms with Crippen LogP contribution in [0, 0.1) is 5.92 Å². The van der Waals surface area contributed by atoms with Crippen LogP contribution >= 0.6 is 7.60 Å². The molecule has 13 heteroatoms. The number of amides is 1. The van der Waals surface area contributed by atoms with Gasteiger partial charge < -0.3 is 25.2 Å². The first-order valence-corrected chi connectivity index (χ1v) is 18.3. The fourth-order valence-corrected chi connectivity index (χ4v) is 7.35. The predicted octanol–water partition coefficient (Wildman–Crippen LogP) is 5.93. The van der Waals surface area contributed by atoms with Gasteiger partial charge in [0.1, 0.15) is 12.1 Å². The second-order valence-corrected chi connectivity index (χ2v) is 14.3. The highest BCUT2D eigenvalue weighted by molar-refractivity contribution is 7.54. The third-order valence-electron chi connectivity index (χ3n) is 7.93. The Balaban J connectivity index is 2.10. The molecule has 0 radical (unpaired) electrons. The van der Waals surface area contributed by atoms with Crippen molar-refractivity contribution in [3.63, 3.8) is 0 Å². The summed E-state index contributed by atoms with van der Waals surface area (Å²) in [7, 11) is -4.75. The molecule has 3 rings (SSSR count). The molecule has 12 nitrogen and oxygen atoms in total. The summed E-state index contributed by atoms with van der Waals surface area (Å²) < 4.78 is 39.3. The van der Waals surface area contributed by atoms with E-state index in [9.17, 15) is 24.3 Å². The number of nitrogens with two attached hydrogens (primary N) is 1. The van der Waals surface area contributed by atoms with Gasteiger partial charge >= 0.3 is 25.5 Å². The van der Waals surface area contributed by atoms with Crippen LogP contribution in [0.5, 0.6) is 0 Å². The van der Waals surface area contributed by atoms with Crippen molar-refractivity contribution in [2.45, 2.75) is 103 Å². The maximum atomic E-state index is 15.3. The fraction of sp³-hybridized carbons (Fsp3) is 0.543. The molecular formula is C35H49N2O10P. The summed E-state index contributed by atoms with van der Waals surface area (Å²) in [5.74, 6) is -5.30. The highest BCUT2D eigenvalue weighted by Gasteiger charge is 2.48. The smallest absolute Gasteiger partial charge is 0.375 e. The third kappa shape index (κ3) is 11.5. The summed E-state index contributed by atoms with van der Waals surface area (Å²) in [6.07, 6.45) is 0.172. The summed E-state index contributed by atoms with van der Waals surface area (Å²) in [5.41, 5.74) is 6.55. The number of hydrogen-bond acceptors (Lipinski definition) is 10. The van der Waals surface area contributed by atoms with Gasteiger partial charge in [-0.3, -0.25) is 23.2 Å². The van der Waals surface area contributed by atoms with E-state index in [2.05, 4.69) is 0 Å². The topological polar surface area (TPSA) is 172 Å². The fourth-order valence-electron chi connectivity index (χ4n) is 5.24. The highest BCUT2D eigenvalue weighted by Crippen LogP contribution is 2.58. The highest BCUT2D eigenvalue weighted by atomic mass is 31.2. The molecule has 2 aromatic carbocycles. The van der Waals surface area contributed by atoms with Crippen molar-refractivity contribution in [3.05, 3.63) is 71.8 Å². The van der Waals surface area contributed by atoms with Gasteiger partial charge in [-0.25, -0.2) is 9.59 Å². The maximum Gasteiger partial charge on any atom is 0.375 e. The van der Waals surface area contributed by atoms with Crippen LogP contribution in [0.2, 0.25) is 0 Å². The van der Waals surface area contributed by atoms with Crippen LogP contribution < -0.4 is 5.73 Å². The molecule has 2 aromatic rings. The van der Waals surface area contributed by atoms with Gasteiger partial charge in [-0.15, -0.1) is 0 Å². The lowest BCUT2D eigenvalue weighted by atomic mass is 10.1. The number of carboxylic acids is 1. The Labute approximate surface area is 282 Å². The molecule has 1 saturated heterocycles. The van der Waals surface area contributed by atoms with Crippen molar-refractivity contribution >= 4 is 31.4 Å². The SMILES string of the molecule is CCCCC(=O)OC(OP(=O)(O[C@@H](CCCCN)C(=O)N1CCC[C@H]1C(=O)O)C(Cc1ccccc1)OC(=O)c1ccccc1)C(C)C. The Morgan fingerprint density at radius 3 is 2.23 bits per heavy atom. The largest absolute Gasteiger partial charge is 0.480 e. The van der Waals surface area contributed by atoms with E-state index < -0.39 is 61.6 Å². The standard InChI is InChI=1S/C35H49N2O10P/c1-4-5-21-30(38)44-35(25(2)3)47-48(43,46-29(20-12-13-22-36)32(39)37-23-14-19-28(37)33(40)41)31(24-26-15-8-6-9-16-26)45-34(42)27-17-10-7-11-18-27/h6-11,15-18,25,28-29,31,35H,4-5,12-14,19-24,36H2,1-3H3,(H,40,41)/t28-,29-,31?,35?,48?/m0/s1. The molecular weight excluding hydrogens is 639 g/mol. The molecule has 1 aliphatic heterocycles. The number of carbonyl (C=O) groups is 4. The summed E-state index contributed by atoms with van der Waals surface area (Å²) in [6, 6.07) is 15.9. The van der Waals surface area contributed by atoms with E-state index >= 15 is 4.57 Å². The molecule has 3 unspecified atom stereocenters. The lowest BCUT2D eigenvalue weighted by molar-refractivity contribution is -0.172. The Morgan fingerprint density at radius 1 is 0.958 bits per heavy atom. The molecule has 0 aliphatic carbocycles. The molecule has 1 amide bonds. The Kier molecular flexibility index (Phi) is 15.7. The zero-order valence-electron chi connectivity index (χ0n) is 28.0. The maximum absolute atomic E-state index is 15.3. The third-order valence-corrected chi connectivity index (χ3v) is 9.97. The van der Waals surface area contributed by atoms with Crippen molar-refractivity contribution in [1.29, 1.82) is 0 Å². The van der Waals surface area contributed by atoms with Gasteiger partial charge in [0, 0.05) is 25.3 Å². The number of likely N-dealkylation sites (tertiary alicyclic amines) is 1. The van der Waals surface area contributed by atoms with E-state index in [0.29, 0.717) is 37.8 Å². The van der Waals surface area contributed by atoms with Gasteiger partial charge in [0.05, 0.1) is 5.56 Å². The summed E-state index contributed by atoms with van der Waals surface area (Å²) in [4.78, 5) is 53.5. The Hall–Kier alpha value is -3.57. The average molecular weight is 689 g/mol. The number of carbonyl (C=O) groups excluding carboxylic acids is 3. The van der Waals surface area contributed by atoms with Gasteiger partial charge in [-0.1, -0.05) is 75.7 Å². The minimum Gasteiger partial charge on any atom is -0.480 e. The number of nitrogens with zero attached hydrogens (tertiary/aromatic N) is 1. The van der Waals surface area contributed by atoms with E-state index in [1.807, 2.05) is 6.92 Å². The molecule has 1 heterocycles. The van der Waals surface area contributed by atoms with Crippen molar-refractivity contribution in [2.75, 3.05) is 13.1 Å². The normalized spacial score (nSPS) is 17.7. The van der Waals surface area contributed by atoms with Crippen molar-refractivity contribution < 1.29 is 47.4 Å². The van der Waals surface area contributed by atoms with Gasteiger partial charge in [-0.2, -0.15) is 0 Å². The van der Waals surface area contributed by atoms with Crippen LogP contribution in [0.1, 0.15) is 88.1 Å². The Morgan fingerprint density at radius 2 is 1.62 bits per heavy atom. The monoisotopic (exact) mass is 688 g/mol. The Bertz CT molecular complexity index is 1370. The number of unbranched alkanes of at least 4 members (excludes halogenated alkanes) is 2. The van der Waals surface area contributed by atoms with Gasteiger partial charge in [0.2, 0.25) is 12.1 Å². The predicted molar refractivity (Wildman–Crippen MR) is 179 cm³/mol. The second kappa shape index (κ2) is 19.4. The van der Waals surface area contributed by atoms with Crippen LogP contribution in [-0.4, -0.2) is 71.2 Å². The number of benzene rings is 2. The molecule has 0 bridgehead atoms. The molecule has 0 spiro atoms. The van der Waals surface area contributed by atoms with E-state index in [-0.39, 0.29) is 37.8 Å². The van der Waals surface area contributed by atoms with E-state index in [4.69, 9.17) is 24.3 Å². The molecule has 5 atom stereocenters. The molecule has 1 aliphatic rings. The first-order chi connectivity index (χ1) is 23.0. The average Bonchev–Trinajstić information content (AvgIpc) is 3.57. The van der Waals surface area contributed by atoms with Crippen molar-refractivity contribution in [3.8, 4) is 0 Å². The van der Waals surface area contributed by atoms with Gasteiger partial charge in [0.15, 0.2) is 0 Å². The first-order valence-electron chi connectivity index (χ1n) is 16.7. The summed E-state index contributed by atoms with van der Waals surface area (Å²) >= 11 is 0. The van der Waals surface area contributed by atoms with Gasteiger partial charge in [0.25, 0.3) is 5.91 Å². The molecule has 0 saturated carbocycles. The minimum absolute atomic E-state index is 0.0412. The van der Waals surface area contributed by atoms with Crippen molar-refractivity contribution in [2.24, 2.45) is 11.7 Å². The first kappa shape index (κ1) is 38.9. The van der Waals surface area contributed by atoms with E-state index in [1.54, 1.807) is 74.5 Å². The van der Waals surface area contributed by atoms with Crippen LogP contribution in [0.4, 0.5) is 0 Å². The molecule has 0 aromatic heterocycles. The number of esters is 2. The minimum atomic E-state index is -4.75. The van der Waals surface area contributed by atoms with Crippen LogP contribution in [0.15, 0.2) is 60.7 Å². The van der Waals surface area contributed by atoms with Crippen molar-refractivity contribution in [1.82, 2.24) is 4.90 Å². The van der Waals surface area contributed by atoms with Crippen LogP contribution in [-0.2, 0) is 43.9 Å². The summed E-state index contributed by atoms with van der Waals surface area (Å²) in [5, 5.41) is 9.81. The number of hydrogen-bond donors (Lipinski definition) is 2. The molecule has 1 fully saturated rings. The molecule has 3 N–H and O–H groups in total. The van der Waals surface area contributed by atoms with Crippen LogP contribution in [0.3, 0.4) is 0 Å². The second-order valence-electron chi connectivity index (χ2n) is 12.2. The number of ether oxygens (including phenoxy) is 2. The number of carboxylic acid groups (broad SMARTS) is 1. The lowest BCUT2D eigenvalue weighted by Gasteiger charge is -2.34. The van der Waals surface area contributed by atoms with E-state index in [1.165, 1.54) is 4.90 Å². The molecule has 264 valence electrons. The van der Waals surface area contributed by atoms with E-state index in [0.717, 1.165) is 6.42 Å². The zero-order valence-corrected chi connectivity index (χ0v) is 28.9. The summed E-state index contributed by atoms with van der Waals surface area (Å²) in [6.45, 7) is 5.84. The lowest BCUT2D eigenvalue weighted by Crippen LogP contribution is -2.46. The number of rotatable bonds is 20. The molecule has 48 heavy (non-hydrogen) atoms. The van der Waals surface area contributed by atoms with Gasteiger partial charge in [-0.05, 0) is 62.8 Å².